The Kier molecular flexibility index (Phi) is 3.08. The smallest absolute Gasteiger partial charge is 0.354 e. The molecule has 0 aliphatic heterocycles. The molecule has 0 aromatic carbocycles. The number of hydrogen-bond donors (Lipinski definition) is 2. The number of aromatic nitrogens is 1. The van der Waals surface area contributed by atoms with Crippen molar-refractivity contribution < 1.29 is 9.90 Å². The molecule has 1 unspecified atom stereocenters. The number of carboxylic acids is 1. The summed E-state index contributed by atoms with van der Waals surface area (Å²) in [5, 5.41) is 12.1. The van der Waals surface area contributed by atoms with Gasteiger partial charge in [0.2, 0.25) is 0 Å². The first-order valence-corrected chi connectivity index (χ1v) is 5.62. The molecule has 0 saturated heterocycles. The lowest BCUT2D eigenvalue weighted by Gasteiger charge is -2.32. The molecule has 1 aromatic rings. The van der Waals surface area contributed by atoms with Crippen LogP contribution >= 0.6 is 0 Å². The maximum absolute atomic E-state index is 10.6. The molecule has 86 valence electrons. The van der Waals surface area contributed by atoms with E-state index in [2.05, 4.69) is 17.2 Å². The Morgan fingerprint density at radius 3 is 2.75 bits per heavy atom. The van der Waals surface area contributed by atoms with Gasteiger partial charge in [0.1, 0.15) is 5.69 Å². The lowest BCUT2D eigenvalue weighted by atomic mass is 9.80. The molecular weight excluding hydrogens is 204 g/mol. The Morgan fingerprint density at radius 1 is 1.56 bits per heavy atom. The molecule has 1 aliphatic carbocycles. The lowest BCUT2D eigenvalue weighted by Crippen LogP contribution is -2.30. The van der Waals surface area contributed by atoms with E-state index in [4.69, 9.17) is 5.11 Å². The summed E-state index contributed by atoms with van der Waals surface area (Å²) in [5.74, 6) is -0.238. The highest BCUT2D eigenvalue weighted by atomic mass is 16.4. The zero-order valence-corrected chi connectivity index (χ0v) is 9.31. The highest BCUT2D eigenvalue weighted by Gasteiger charge is 2.23. The summed E-state index contributed by atoms with van der Waals surface area (Å²) in [7, 11) is 0. The van der Waals surface area contributed by atoms with Crippen LogP contribution in [0.25, 0.3) is 0 Å². The first-order valence-electron chi connectivity index (χ1n) is 5.62. The molecule has 1 fully saturated rings. The van der Waals surface area contributed by atoms with Crippen LogP contribution in [0.5, 0.6) is 0 Å². The third-order valence-corrected chi connectivity index (χ3v) is 3.23. The summed E-state index contributed by atoms with van der Waals surface area (Å²) in [6.45, 7) is 2.16. The van der Waals surface area contributed by atoms with E-state index in [-0.39, 0.29) is 5.69 Å². The standard InChI is InChI=1S/C12H16N2O2/c1-8(9-3-2-4-9)14-10-5-6-11(12(15)16)13-7-10/h5-9,14H,2-4H2,1H3,(H,15,16). The Bertz CT molecular complexity index is 371. The average Bonchev–Trinajstić information content (AvgIpc) is 2.15. The quantitative estimate of drug-likeness (QED) is 0.817. The SMILES string of the molecule is CC(Nc1ccc(C(=O)O)nc1)C1CCC1. The summed E-state index contributed by atoms with van der Waals surface area (Å²) in [5.41, 5.74) is 0.978. The molecule has 1 saturated carbocycles. The first kappa shape index (κ1) is 10.9. The van der Waals surface area contributed by atoms with Crippen LogP contribution in [-0.4, -0.2) is 22.1 Å². The average molecular weight is 220 g/mol. The van der Waals surface area contributed by atoms with E-state index in [1.165, 1.54) is 25.3 Å². The van der Waals surface area contributed by atoms with E-state index in [0.717, 1.165) is 11.6 Å². The summed E-state index contributed by atoms with van der Waals surface area (Å²) >= 11 is 0. The van der Waals surface area contributed by atoms with Crippen molar-refractivity contribution in [2.45, 2.75) is 32.2 Å². The molecule has 16 heavy (non-hydrogen) atoms. The van der Waals surface area contributed by atoms with E-state index in [1.807, 2.05) is 0 Å². The normalized spacial score (nSPS) is 17.6. The molecule has 1 heterocycles. The predicted octanol–water partition coefficient (Wildman–Crippen LogP) is 2.38. The molecule has 2 N–H and O–H groups in total. The van der Waals surface area contributed by atoms with Crippen LogP contribution in [0, 0.1) is 5.92 Å². The van der Waals surface area contributed by atoms with Crippen LogP contribution in [0.2, 0.25) is 0 Å². The minimum Gasteiger partial charge on any atom is -0.477 e. The van der Waals surface area contributed by atoms with E-state index in [0.29, 0.717) is 6.04 Å². The fourth-order valence-electron chi connectivity index (χ4n) is 1.93. The van der Waals surface area contributed by atoms with Gasteiger partial charge in [-0.1, -0.05) is 6.42 Å². The van der Waals surface area contributed by atoms with E-state index in [9.17, 15) is 4.79 Å². The molecule has 0 amide bonds. The second-order valence-electron chi connectivity index (χ2n) is 4.36. The zero-order valence-electron chi connectivity index (χ0n) is 9.31. The zero-order chi connectivity index (χ0) is 11.5. The number of pyridine rings is 1. The summed E-state index contributed by atoms with van der Waals surface area (Å²) < 4.78 is 0. The molecule has 4 heteroatoms. The van der Waals surface area contributed by atoms with Crippen LogP contribution in [0.1, 0.15) is 36.7 Å². The van der Waals surface area contributed by atoms with Gasteiger partial charge in [0.25, 0.3) is 0 Å². The lowest BCUT2D eigenvalue weighted by molar-refractivity contribution is 0.0690. The fourth-order valence-corrected chi connectivity index (χ4v) is 1.93. The molecular formula is C12H16N2O2. The van der Waals surface area contributed by atoms with Crippen molar-refractivity contribution in [3.8, 4) is 0 Å². The number of aromatic carboxylic acids is 1. The molecule has 2 rings (SSSR count). The molecule has 1 atom stereocenters. The number of anilines is 1. The van der Waals surface area contributed by atoms with E-state index < -0.39 is 5.97 Å². The molecule has 4 nitrogen and oxygen atoms in total. The van der Waals surface area contributed by atoms with Crippen LogP contribution in [0.3, 0.4) is 0 Å². The Morgan fingerprint density at radius 2 is 2.31 bits per heavy atom. The number of rotatable bonds is 4. The summed E-state index contributed by atoms with van der Waals surface area (Å²) in [4.78, 5) is 14.5. The van der Waals surface area contributed by atoms with Crippen molar-refractivity contribution in [2.75, 3.05) is 5.32 Å². The molecule has 1 aromatic heterocycles. The van der Waals surface area contributed by atoms with Gasteiger partial charge < -0.3 is 10.4 Å². The van der Waals surface area contributed by atoms with Crippen molar-refractivity contribution in [1.29, 1.82) is 0 Å². The topological polar surface area (TPSA) is 62.2 Å². The minimum absolute atomic E-state index is 0.0850. The van der Waals surface area contributed by atoms with Gasteiger partial charge in [0.15, 0.2) is 0 Å². The van der Waals surface area contributed by atoms with Crippen LogP contribution in [0.4, 0.5) is 5.69 Å². The van der Waals surface area contributed by atoms with Crippen molar-refractivity contribution in [3.05, 3.63) is 24.0 Å². The summed E-state index contributed by atoms with van der Waals surface area (Å²) in [6, 6.07) is 3.73. The van der Waals surface area contributed by atoms with E-state index in [1.54, 1.807) is 12.3 Å². The maximum Gasteiger partial charge on any atom is 0.354 e. The van der Waals surface area contributed by atoms with Crippen molar-refractivity contribution in [1.82, 2.24) is 4.98 Å². The second kappa shape index (κ2) is 4.51. The Labute approximate surface area is 94.7 Å². The second-order valence-corrected chi connectivity index (χ2v) is 4.36. The monoisotopic (exact) mass is 220 g/mol. The number of carbonyl (C=O) groups is 1. The third kappa shape index (κ3) is 2.32. The highest BCUT2D eigenvalue weighted by Crippen LogP contribution is 2.30. The van der Waals surface area contributed by atoms with Crippen molar-refractivity contribution >= 4 is 11.7 Å². The van der Waals surface area contributed by atoms with Gasteiger partial charge in [-0.3, -0.25) is 0 Å². The maximum atomic E-state index is 10.6. The molecule has 1 aliphatic rings. The molecule has 0 radical (unpaired) electrons. The van der Waals surface area contributed by atoms with Gasteiger partial charge in [0, 0.05) is 6.04 Å². The predicted molar refractivity (Wildman–Crippen MR) is 61.6 cm³/mol. The number of carboxylic acid groups (broad SMARTS) is 1. The number of nitrogens with one attached hydrogen (secondary N) is 1. The van der Waals surface area contributed by atoms with Crippen molar-refractivity contribution in [2.24, 2.45) is 5.92 Å². The fraction of sp³-hybridized carbons (Fsp3) is 0.500. The van der Waals surface area contributed by atoms with Gasteiger partial charge in [-0.15, -0.1) is 0 Å². The molecule has 0 spiro atoms. The number of nitrogens with zero attached hydrogens (tertiary/aromatic N) is 1. The van der Waals surface area contributed by atoms with Gasteiger partial charge in [-0.05, 0) is 37.8 Å². The van der Waals surface area contributed by atoms with Gasteiger partial charge in [0.05, 0.1) is 11.9 Å². The van der Waals surface area contributed by atoms with Gasteiger partial charge in [-0.25, -0.2) is 9.78 Å². The highest BCUT2D eigenvalue weighted by molar-refractivity contribution is 5.85. The first-order chi connectivity index (χ1) is 7.66. The number of hydrogen-bond acceptors (Lipinski definition) is 3. The largest absolute Gasteiger partial charge is 0.477 e. The van der Waals surface area contributed by atoms with Crippen LogP contribution in [0.15, 0.2) is 18.3 Å². The van der Waals surface area contributed by atoms with Gasteiger partial charge in [-0.2, -0.15) is 0 Å². The molecule has 0 bridgehead atoms. The third-order valence-electron chi connectivity index (χ3n) is 3.23. The summed E-state index contributed by atoms with van der Waals surface area (Å²) in [6.07, 6.45) is 5.48. The van der Waals surface area contributed by atoms with E-state index >= 15 is 0 Å². The Balaban J connectivity index is 1.96. The Hall–Kier alpha value is -1.58. The van der Waals surface area contributed by atoms with Crippen LogP contribution in [-0.2, 0) is 0 Å². The van der Waals surface area contributed by atoms with Crippen molar-refractivity contribution in [3.63, 3.8) is 0 Å². The van der Waals surface area contributed by atoms with Crippen LogP contribution < -0.4 is 5.32 Å². The van der Waals surface area contributed by atoms with Gasteiger partial charge >= 0.3 is 5.97 Å². The minimum atomic E-state index is -0.987.